The maximum Gasteiger partial charge on any atom is 0.161 e. The van der Waals surface area contributed by atoms with Crippen molar-refractivity contribution in [2.45, 2.75) is 33.1 Å². The first-order valence-electron chi connectivity index (χ1n) is 5.96. The highest BCUT2D eigenvalue weighted by atomic mass is 16.5. The molecule has 0 heterocycles. The minimum Gasteiger partial charge on any atom is -0.493 e. The van der Waals surface area contributed by atoms with Crippen LogP contribution in [0.2, 0.25) is 0 Å². The number of hydrogen-bond acceptors (Lipinski definition) is 3. The number of carbonyl (C=O) groups is 1. The second kappa shape index (κ2) is 6.94. The average molecular weight is 236 g/mol. The molecule has 94 valence electrons. The molecule has 0 bridgehead atoms. The van der Waals surface area contributed by atoms with Gasteiger partial charge in [0.1, 0.15) is 5.78 Å². The van der Waals surface area contributed by atoms with Gasteiger partial charge in [-0.2, -0.15) is 0 Å². The van der Waals surface area contributed by atoms with Crippen LogP contribution in [0.25, 0.3) is 0 Å². The van der Waals surface area contributed by atoms with Gasteiger partial charge in [-0.1, -0.05) is 13.0 Å². The lowest BCUT2D eigenvalue weighted by atomic mass is 10.1. The fourth-order valence-corrected chi connectivity index (χ4v) is 1.55. The Morgan fingerprint density at radius 1 is 1.29 bits per heavy atom. The van der Waals surface area contributed by atoms with E-state index < -0.39 is 0 Å². The van der Waals surface area contributed by atoms with Crippen molar-refractivity contribution in [2.75, 3.05) is 13.7 Å². The van der Waals surface area contributed by atoms with Gasteiger partial charge in [-0.15, -0.1) is 0 Å². The monoisotopic (exact) mass is 236 g/mol. The molecule has 0 aliphatic carbocycles. The van der Waals surface area contributed by atoms with Gasteiger partial charge < -0.3 is 14.3 Å². The summed E-state index contributed by atoms with van der Waals surface area (Å²) in [6, 6.07) is 5.94. The van der Waals surface area contributed by atoms with Gasteiger partial charge in [0.15, 0.2) is 11.5 Å². The van der Waals surface area contributed by atoms with Gasteiger partial charge in [0.2, 0.25) is 0 Å². The van der Waals surface area contributed by atoms with E-state index >= 15 is 0 Å². The number of ether oxygens (including phenoxy) is 2. The van der Waals surface area contributed by atoms with Gasteiger partial charge in [0.25, 0.3) is 0 Å². The molecule has 1 rings (SSSR count). The Hall–Kier alpha value is -1.51. The van der Waals surface area contributed by atoms with E-state index in [0.29, 0.717) is 13.0 Å². The molecule has 0 aliphatic rings. The van der Waals surface area contributed by atoms with Crippen molar-refractivity contribution in [2.24, 2.45) is 0 Å². The minimum absolute atomic E-state index is 0.196. The van der Waals surface area contributed by atoms with Crippen molar-refractivity contribution in [1.29, 1.82) is 0 Å². The van der Waals surface area contributed by atoms with Crippen LogP contribution in [0.5, 0.6) is 11.5 Å². The summed E-state index contributed by atoms with van der Waals surface area (Å²) in [5.74, 6) is 1.70. The summed E-state index contributed by atoms with van der Waals surface area (Å²) in [7, 11) is 1.64. The van der Waals surface area contributed by atoms with E-state index in [1.165, 1.54) is 5.56 Å². The number of rotatable bonds is 7. The summed E-state index contributed by atoms with van der Waals surface area (Å²) in [6.07, 6.45) is 2.28. The molecule has 0 saturated heterocycles. The first-order valence-corrected chi connectivity index (χ1v) is 5.96. The van der Waals surface area contributed by atoms with Crippen LogP contribution in [0.1, 0.15) is 32.3 Å². The molecule has 17 heavy (non-hydrogen) atoms. The lowest BCUT2D eigenvalue weighted by molar-refractivity contribution is -0.117. The smallest absolute Gasteiger partial charge is 0.161 e. The van der Waals surface area contributed by atoms with Crippen LogP contribution in [-0.2, 0) is 11.2 Å². The van der Waals surface area contributed by atoms with Crippen LogP contribution in [0, 0.1) is 0 Å². The normalized spacial score (nSPS) is 10.1. The molecule has 0 aliphatic heterocycles. The van der Waals surface area contributed by atoms with Crippen molar-refractivity contribution in [1.82, 2.24) is 0 Å². The molecule has 1 aromatic carbocycles. The van der Waals surface area contributed by atoms with Crippen molar-refractivity contribution in [3.63, 3.8) is 0 Å². The molecule has 0 fully saturated rings. The van der Waals surface area contributed by atoms with Gasteiger partial charge in [-0.3, -0.25) is 0 Å². The second-order valence-corrected chi connectivity index (χ2v) is 3.99. The van der Waals surface area contributed by atoms with E-state index in [1.807, 2.05) is 18.2 Å². The van der Waals surface area contributed by atoms with Gasteiger partial charge in [0, 0.05) is 6.42 Å². The van der Waals surface area contributed by atoms with E-state index in [1.54, 1.807) is 14.0 Å². The molecule has 1 aromatic rings. The number of methoxy groups -OCH3 is 1. The Labute approximate surface area is 103 Å². The van der Waals surface area contributed by atoms with Gasteiger partial charge in [-0.05, 0) is 37.5 Å². The Morgan fingerprint density at radius 2 is 2.06 bits per heavy atom. The van der Waals surface area contributed by atoms with Gasteiger partial charge in [-0.25, -0.2) is 0 Å². The predicted octanol–water partition coefficient (Wildman–Crippen LogP) is 3.01. The zero-order valence-corrected chi connectivity index (χ0v) is 10.8. The van der Waals surface area contributed by atoms with Crippen LogP contribution < -0.4 is 9.47 Å². The number of carbonyl (C=O) groups excluding carboxylic acids is 1. The Morgan fingerprint density at radius 3 is 2.65 bits per heavy atom. The molecular formula is C14H20O3. The number of ketones is 1. The minimum atomic E-state index is 0.196. The van der Waals surface area contributed by atoms with Crippen molar-refractivity contribution >= 4 is 5.78 Å². The average Bonchev–Trinajstić information content (AvgIpc) is 2.34. The zero-order valence-electron chi connectivity index (χ0n) is 10.8. The number of aryl methyl sites for hydroxylation is 1. The van der Waals surface area contributed by atoms with Gasteiger partial charge >= 0.3 is 0 Å². The molecular weight excluding hydrogens is 216 g/mol. The first-order chi connectivity index (χ1) is 8.17. The van der Waals surface area contributed by atoms with E-state index in [-0.39, 0.29) is 5.78 Å². The van der Waals surface area contributed by atoms with Crippen LogP contribution in [-0.4, -0.2) is 19.5 Å². The van der Waals surface area contributed by atoms with Crippen LogP contribution >= 0.6 is 0 Å². The third-order valence-corrected chi connectivity index (χ3v) is 2.57. The lowest BCUT2D eigenvalue weighted by Gasteiger charge is -2.11. The molecule has 0 radical (unpaired) electrons. The Balaban J connectivity index is 2.55. The Bertz CT molecular complexity index is 372. The number of hydrogen-bond donors (Lipinski definition) is 0. The summed E-state index contributed by atoms with van der Waals surface area (Å²) in [6.45, 7) is 4.24. The number of Topliss-reactive ketones (excluding diaryl/α,β-unsaturated/α-hetero) is 1. The van der Waals surface area contributed by atoms with E-state index in [2.05, 4.69) is 6.92 Å². The highest BCUT2D eigenvalue weighted by Crippen LogP contribution is 2.28. The molecule has 0 amide bonds. The van der Waals surface area contributed by atoms with E-state index in [0.717, 1.165) is 24.3 Å². The van der Waals surface area contributed by atoms with Crippen LogP contribution in [0.15, 0.2) is 18.2 Å². The van der Waals surface area contributed by atoms with Crippen molar-refractivity contribution in [3.8, 4) is 11.5 Å². The zero-order chi connectivity index (χ0) is 12.7. The summed E-state index contributed by atoms with van der Waals surface area (Å²) in [4.78, 5) is 10.8. The maximum atomic E-state index is 10.8. The molecule has 0 spiro atoms. The molecule has 3 nitrogen and oxygen atoms in total. The molecule has 0 unspecified atom stereocenters. The van der Waals surface area contributed by atoms with Gasteiger partial charge in [0.05, 0.1) is 13.7 Å². The largest absolute Gasteiger partial charge is 0.493 e. The summed E-state index contributed by atoms with van der Waals surface area (Å²) in [5.41, 5.74) is 1.22. The van der Waals surface area contributed by atoms with Crippen molar-refractivity contribution < 1.29 is 14.3 Å². The predicted molar refractivity (Wildman–Crippen MR) is 67.8 cm³/mol. The van der Waals surface area contributed by atoms with Crippen LogP contribution in [0.4, 0.5) is 0 Å². The highest BCUT2D eigenvalue weighted by molar-refractivity contribution is 5.75. The quantitative estimate of drug-likeness (QED) is 0.683. The summed E-state index contributed by atoms with van der Waals surface area (Å²) < 4.78 is 10.9. The summed E-state index contributed by atoms with van der Waals surface area (Å²) >= 11 is 0. The maximum absolute atomic E-state index is 10.8. The standard InChI is InChI=1S/C14H20O3/c1-4-12-7-8-13(14(10-12)16-3)17-9-5-6-11(2)15/h7-8,10H,4-6,9H2,1-3H3. The Kier molecular flexibility index (Phi) is 5.53. The molecule has 3 heteroatoms. The topological polar surface area (TPSA) is 35.5 Å². The number of benzene rings is 1. The fraction of sp³-hybridized carbons (Fsp3) is 0.500. The third-order valence-electron chi connectivity index (χ3n) is 2.57. The second-order valence-electron chi connectivity index (χ2n) is 3.99. The first kappa shape index (κ1) is 13.6. The molecule has 0 atom stereocenters. The van der Waals surface area contributed by atoms with Crippen molar-refractivity contribution in [3.05, 3.63) is 23.8 Å². The van der Waals surface area contributed by atoms with E-state index in [9.17, 15) is 4.79 Å². The SMILES string of the molecule is CCc1ccc(OCCCC(C)=O)c(OC)c1. The van der Waals surface area contributed by atoms with E-state index in [4.69, 9.17) is 9.47 Å². The van der Waals surface area contributed by atoms with Crippen LogP contribution in [0.3, 0.4) is 0 Å². The third kappa shape index (κ3) is 4.47. The lowest BCUT2D eigenvalue weighted by Crippen LogP contribution is -2.02. The highest BCUT2D eigenvalue weighted by Gasteiger charge is 2.05. The molecule has 0 N–H and O–H groups in total. The molecule has 0 aromatic heterocycles. The summed E-state index contributed by atoms with van der Waals surface area (Å²) in [5, 5.41) is 0. The molecule has 0 saturated carbocycles. The fourth-order valence-electron chi connectivity index (χ4n) is 1.55.